The molecule has 0 spiro atoms. The van der Waals surface area contributed by atoms with Crippen molar-refractivity contribution < 1.29 is 17.6 Å². The van der Waals surface area contributed by atoms with E-state index in [0.717, 1.165) is 9.87 Å². The van der Waals surface area contributed by atoms with E-state index in [-0.39, 0.29) is 10.6 Å². The summed E-state index contributed by atoms with van der Waals surface area (Å²) in [6.45, 7) is 6.30. The van der Waals surface area contributed by atoms with Crippen molar-refractivity contribution in [3.05, 3.63) is 70.8 Å². The molecule has 0 atom stereocenters. The Kier molecular flexibility index (Phi) is 6.17. The van der Waals surface area contributed by atoms with Gasteiger partial charge < -0.3 is 5.32 Å². The third kappa shape index (κ3) is 4.61. The molecule has 1 N–H and O–H groups in total. The monoisotopic (exact) mass is 444 g/mol. The first-order valence-corrected chi connectivity index (χ1v) is 11.1. The van der Waals surface area contributed by atoms with Crippen LogP contribution in [0.25, 0.3) is 0 Å². The second kappa shape index (κ2) is 8.50. The van der Waals surface area contributed by atoms with Crippen LogP contribution in [0, 0.1) is 33.5 Å². The summed E-state index contributed by atoms with van der Waals surface area (Å²) in [5.74, 6) is -1.05. The molecule has 1 heterocycles. The molecule has 1 amide bonds. The second-order valence-corrected chi connectivity index (χ2v) is 9.28. The fraction of sp³-hybridized carbons (Fsp3) is 0.273. The van der Waals surface area contributed by atoms with Gasteiger partial charge in [0.2, 0.25) is 5.91 Å². The maximum absolute atomic E-state index is 13.8. The molecule has 3 aromatic rings. The third-order valence-corrected chi connectivity index (χ3v) is 7.08. The van der Waals surface area contributed by atoms with Crippen LogP contribution in [0.15, 0.2) is 47.4 Å². The standard InChI is InChI=1S/C22H25FN4O3S/c1-14-6-10-19(11-7-14)27(31(29,30)22-16(3)25-26(5)17(22)4)13-21(28)24-18-9-8-15(2)20(23)12-18/h6-12H,13H2,1-5H3,(H,24,28). The van der Waals surface area contributed by atoms with Crippen molar-refractivity contribution >= 4 is 27.3 Å². The van der Waals surface area contributed by atoms with E-state index < -0.39 is 28.3 Å². The molecule has 0 saturated heterocycles. The first-order valence-electron chi connectivity index (χ1n) is 9.66. The number of hydrogen-bond donors (Lipinski definition) is 1. The molecule has 0 saturated carbocycles. The van der Waals surface area contributed by atoms with Gasteiger partial charge in [-0.15, -0.1) is 0 Å². The second-order valence-electron chi connectivity index (χ2n) is 7.48. The molecule has 0 aliphatic carbocycles. The number of nitrogens with one attached hydrogen (secondary N) is 1. The molecular formula is C22H25FN4O3S. The highest BCUT2D eigenvalue weighted by atomic mass is 32.2. The van der Waals surface area contributed by atoms with Gasteiger partial charge in [0.05, 0.1) is 17.1 Å². The predicted molar refractivity (Wildman–Crippen MR) is 118 cm³/mol. The minimum atomic E-state index is -4.09. The normalized spacial score (nSPS) is 11.4. The number of sulfonamides is 1. The number of hydrogen-bond acceptors (Lipinski definition) is 4. The van der Waals surface area contributed by atoms with Crippen molar-refractivity contribution in [2.75, 3.05) is 16.2 Å². The molecule has 0 radical (unpaired) electrons. The van der Waals surface area contributed by atoms with E-state index in [1.807, 2.05) is 6.92 Å². The maximum Gasteiger partial charge on any atom is 0.268 e. The highest BCUT2D eigenvalue weighted by Crippen LogP contribution is 2.28. The smallest absolute Gasteiger partial charge is 0.268 e. The van der Waals surface area contributed by atoms with Gasteiger partial charge in [0.25, 0.3) is 10.0 Å². The van der Waals surface area contributed by atoms with Crippen molar-refractivity contribution in [1.29, 1.82) is 0 Å². The zero-order valence-corrected chi connectivity index (χ0v) is 18.9. The molecule has 0 fully saturated rings. The molecule has 7 nitrogen and oxygen atoms in total. The molecular weight excluding hydrogens is 419 g/mol. The summed E-state index contributed by atoms with van der Waals surface area (Å²) >= 11 is 0. The molecule has 1 aromatic heterocycles. The largest absolute Gasteiger partial charge is 0.324 e. The Labute approximate surface area is 181 Å². The topological polar surface area (TPSA) is 84.3 Å². The van der Waals surface area contributed by atoms with E-state index >= 15 is 0 Å². The lowest BCUT2D eigenvalue weighted by atomic mass is 10.2. The van der Waals surface area contributed by atoms with Crippen LogP contribution in [-0.2, 0) is 21.9 Å². The summed E-state index contributed by atoms with van der Waals surface area (Å²) in [5, 5.41) is 6.77. The molecule has 164 valence electrons. The van der Waals surface area contributed by atoms with Crippen molar-refractivity contribution in [3.8, 4) is 0 Å². The number of anilines is 2. The van der Waals surface area contributed by atoms with Crippen LogP contribution < -0.4 is 9.62 Å². The fourth-order valence-corrected chi connectivity index (χ4v) is 5.09. The highest BCUT2D eigenvalue weighted by molar-refractivity contribution is 7.93. The van der Waals surface area contributed by atoms with E-state index in [1.165, 1.54) is 10.7 Å². The van der Waals surface area contributed by atoms with E-state index in [2.05, 4.69) is 10.4 Å². The van der Waals surface area contributed by atoms with Gasteiger partial charge in [-0.1, -0.05) is 23.8 Å². The molecule has 31 heavy (non-hydrogen) atoms. The Hall–Kier alpha value is -3.20. The van der Waals surface area contributed by atoms with Gasteiger partial charge >= 0.3 is 0 Å². The first kappa shape index (κ1) is 22.5. The number of aryl methyl sites for hydroxylation is 4. The van der Waals surface area contributed by atoms with Gasteiger partial charge in [0.1, 0.15) is 17.3 Å². The SMILES string of the molecule is Cc1ccc(N(CC(=O)Nc2ccc(C)c(F)c2)S(=O)(=O)c2c(C)nn(C)c2C)cc1. The maximum atomic E-state index is 13.8. The summed E-state index contributed by atoms with van der Waals surface area (Å²) in [6, 6.07) is 11.1. The minimum absolute atomic E-state index is 0.0600. The van der Waals surface area contributed by atoms with Gasteiger partial charge in [-0.2, -0.15) is 5.10 Å². The number of nitrogens with zero attached hydrogens (tertiary/aromatic N) is 3. The Morgan fingerprint density at radius 2 is 1.74 bits per heavy atom. The van der Waals surface area contributed by atoms with Crippen LogP contribution in [0.5, 0.6) is 0 Å². The Bertz CT molecular complexity index is 1230. The number of benzene rings is 2. The van der Waals surface area contributed by atoms with Gasteiger partial charge in [0, 0.05) is 12.7 Å². The number of halogens is 1. The molecule has 0 bridgehead atoms. The van der Waals surface area contributed by atoms with Crippen molar-refractivity contribution in [1.82, 2.24) is 9.78 Å². The van der Waals surface area contributed by atoms with E-state index in [1.54, 1.807) is 64.2 Å². The molecule has 2 aromatic carbocycles. The number of carbonyl (C=O) groups excluding carboxylic acids is 1. The summed E-state index contributed by atoms with van der Waals surface area (Å²) in [5.41, 5.74) is 2.81. The van der Waals surface area contributed by atoms with Gasteiger partial charge in [-0.3, -0.25) is 13.8 Å². The zero-order valence-electron chi connectivity index (χ0n) is 18.1. The lowest BCUT2D eigenvalue weighted by Crippen LogP contribution is -2.38. The van der Waals surface area contributed by atoms with Crippen molar-refractivity contribution in [2.24, 2.45) is 7.05 Å². The quantitative estimate of drug-likeness (QED) is 0.629. The zero-order chi connectivity index (χ0) is 22.9. The number of amides is 1. The molecule has 0 aliphatic heterocycles. The summed E-state index contributed by atoms with van der Waals surface area (Å²) in [7, 11) is -2.43. The van der Waals surface area contributed by atoms with Crippen LogP contribution in [-0.4, -0.2) is 30.7 Å². The fourth-order valence-electron chi connectivity index (χ4n) is 3.27. The lowest BCUT2D eigenvalue weighted by molar-refractivity contribution is -0.114. The number of rotatable bonds is 6. The van der Waals surface area contributed by atoms with Gasteiger partial charge in [-0.05, 0) is 57.5 Å². The first-order chi connectivity index (χ1) is 14.5. The van der Waals surface area contributed by atoms with E-state index in [4.69, 9.17) is 0 Å². The number of aromatic nitrogens is 2. The van der Waals surface area contributed by atoms with Gasteiger partial charge in [0.15, 0.2) is 0 Å². The van der Waals surface area contributed by atoms with Crippen LogP contribution in [0.1, 0.15) is 22.5 Å². The Balaban J connectivity index is 1.99. The van der Waals surface area contributed by atoms with Crippen LogP contribution in [0.4, 0.5) is 15.8 Å². The van der Waals surface area contributed by atoms with Crippen LogP contribution in [0.3, 0.4) is 0 Å². The van der Waals surface area contributed by atoms with E-state index in [0.29, 0.717) is 22.6 Å². The highest BCUT2D eigenvalue weighted by Gasteiger charge is 2.32. The summed E-state index contributed by atoms with van der Waals surface area (Å²) in [6.07, 6.45) is 0. The average Bonchev–Trinajstić information content (AvgIpc) is 2.95. The molecule has 9 heteroatoms. The van der Waals surface area contributed by atoms with E-state index in [9.17, 15) is 17.6 Å². The lowest BCUT2D eigenvalue weighted by Gasteiger charge is -2.24. The Morgan fingerprint density at radius 1 is 1.10 bits per heavy atom. The number of carbonyl (C=O) groups is 1. The minimum Gasteiger partial charge on any atom is -0.324 e. The Morgan fingerprint density at radius 3 is 2.29 bits per heavy atom. The average molecular weight is 445 g/mol. The molecule has 3 rings (SSSR count). The van der Waals surface area contributed by atoms with Crippen molar-refractivity contribution in [2.45, 2.75) is 32.6 Å². The molecule has 0 aliphatic rings. The van der Waals surface area contributed by atoms with Crippen LogP contribution in [0.2, 0.25) is 0 Å². The van der Waals surface area contributed by atoms with Crippen LogP contribution >= 0.6 is 0 Å². The predicted octanol–water partition coefficient (Wildman–Crippen LogP) is 3.63. The summed E-state index contributed by atoms with van der Waals surface area (Å²) < 4.78 is 43.5. The third-order valence-electron chi connectivity index (χ3n) is 5.06. The summed E-state index contributed by atoms with van der Waals surface area (Å²) in [4.78, 5) is 12.8. The molecule has 0 unspecified atom stereocenters. The van der Waals surface area contributed by atoms with Gasteiger partial charge in [-0.25, -0.2) is 12.8 Å². The van der Waals surface area contributed by atoms with Crippen molar-refractivity contribution in [3.63, 3.8) is 0 Å².